The summed E-state index contributed by atoms with van der Waals surface area (Å²) in [7, 11) is 1.21. The number of carbonyl (C=O) groups is 2. The second kappa shape index (κ2) is 7.77. The maximum Gasteiger partial charge on any atom is 0.412 e. The number of aromatic nitrogens is 1. The van der Waals surface area contributed by atoms with E-state index in [0.29, 0.717) is 28.6 Å². The number of hydrogen-bond donors (Lipinski definition) is 2. The fourth-order valence-electron chi connectivity index (χ4n) is 3.00. The molecule has 1 unspecified atom stereocenters. The van der Waals surface area contributed by atoms with Gasteiger partial charge in [-0.05, 0) is 48.4 Å². The van der Waals surface area contributed by atoms with Crippen LogP contribution >= 0.6 is 0 Å². The van der Waals surface area contributed by atoms with Crippen molar-refractivity contribution in [2.45, 2.75) is 19.1 Å². The molecule has 0 saturated heterocycles. The van der Waals surface area contributed by atoms with E-state index in [1.807, 2.05) is 0 Å². The Morgan fingerprint density at radius 1 is 1.07 bits per heavy atom. The van der Waals surface area contributed by atoms with Gasteiger partial charge >= 0.3 is 12.1 Å². The highest BCUT2D eigenvalue weighted by Gasteiger charge is 2.42. The number of methoxy groups -OCH3 is 1. The van der Waals surface area contributed by atoms with Gasteiger partial charge in [0, 0.05) is 10.9 Å². The zero-order valence-electron chi connectivity index (χ0n) is 15.7. The summed E-state index contributed by atoms with van der Waals surface area (Å²) >= 11 is 0. The zero-order chi connectivity index (χ0) is 22.2. The highest BCUT2D eigenvalue weighted by molar-refractivity contribution is 6.01. The third kappa shape index (κ3) is 4.12. The maximum atomic E-state index is 13.5. The number of aryl methyl sites for hydroxylation is 1. The average molecular weight is 426 g/mol. The largest absolute Gasteiger partial charge is 0.465 e. The lowest BCUT2D eigenvalue weighted by Crippen LogP contribution is -2.38. The molecule has 3 rings (SSSR count). The number of aromatic amines is 1. The number of nitrogens with one attached hydrogen (secondary N) is 2. The first-order valence-electron chi connectivity index (χ1n) is 8.55. The molecular formula is C20H15F5N2O3. The van der Waals surface area contributed by atoms with Crippen LogP contribution in [0.15, 0.2) is 36.4 Å². The summed E-state index contributed by atoms with van der Waals surface area (Å²) in [5, 5.41) is 2.19. The Hall–Kier alpha value is -3.43. The van der Waals surface area contributed by atoms with Gasteiger partial charge in [-0.3, -0.25) is 4.79 Å². The van der Waals surface area contributed by atoms with E-state index < -0.39 is 41.3 Å². The number of ether oxygens (including phenoxy) is 1. The molecule has 0 fully saturated rings. The van der Waals surface area contributed by atoms with Gasteiger partial charge in [-0.1, -0.05) is 6.07 Å². The fourth-order valence-corrected chi connectivity index (χ4v) is 3.00. The summed E-state index contributed by atoms with van der Waals surface area (Å²) < 4.78 is 71.5. The summed E-state index contributed by atoms with van der Waals surface area (Å²) in [6.07, 6.45) is -4.96. The van der Waals surface area contributed by atoms with E-state index in [1.165, 1.54) is 19.2 Å². The van der Waals surface area contributed by atoms with Crippen LogP contribution in [0.2, 0.25) is 0 Å². The molecular weight excluding hydrogens is 411 g/mol. The molecule has 0 aliphatic carbocycles. The summed E-state index contributed by atoms with van der Waals surface area (Å²) in [4.78, 5) is 26.9. The van der Waals surface area contributed by atoms with Gasteiger partial charge in [0.05, 0.1) is 12.7 Å². The van der Waals surface area contributed by atoms with Crippen LogP contribution in [0.5, 0.6) is 0 Å². The lowest BCUT2D eigenvalue weighted by Gasteiger charge is -2.22. The Bertz CT molecular complexity index is 1140. The summed E-state index contributed by atoms with van der Waals surface area (Å²) in [6.45, 7) is 1.63. The summed E-state index contributed by atoms with van der Waals surface area (Å²) in [5.41, 5.74) is 0.337. The standard InChI is InChI=1S/C20H15F5N2O3/c1-9-5-15-11(6-12(9)19(29)30-2)8-16(26-15)18(28)27-17(20(23,24)25)10-3-4-13(21)14(22)7-10/h3-8,17,26H,1-2H3,(H,27,28). The Morgan fingerprint density at radius 3 is 2.37 bits per heavy atom. The topological polar surface area (TPSA) is 71.2 Å². The van der Waals surface area contributed by atoms with Gasteiger partial charge < -0.3 is 15.0 Å². The molecule has 30 heavy (non-hydrogen) atoms. The van der Waals surface area contributed by atoms with Gasteiger partial charge in [0.25, 0.3) is 5.91 Å². The predicted octanol–water partition coefficient (Wildman–Crippen LogP) is 4.57. The van der Waals surface area contributed by atoms with Crippen LogP contribution in [0.4, 0.5) is 22.0 Å². The molecule has 10 heteroatoms. The van der Waals surface area contributed by atoms with Crippen LogP contribution in [0, 0.1) is 18.6 Å². The Balaban J connectivity index is 1.95. The first-order valence-corrected chi connectivity index (χ1v) is 8.55. The number of H-pyrrole nitrogens is 1. The van der Waals surface area contributed by atoms with Crippen molar-refractivity contribution < 1.29 is 36.3 Å². The van der Waals surface area contributed by atoms with Gasteiger partial charge in [0.1, 0.15) is 5.69 Å². The van der Waals surface area contributed by atoms with Crippen molar-refractivity contribution in [2.24, 2.45) is 0 Å². The van der Waals surface area contributed by atoms with Crippen LogP contribution < -0.4 is 5.32 Å². The highest BCUT2D eigenvalue weighted by atomic mass is 19.4. The number of hydrogen-bond acceptors (Lipinski definition) is 3. The van der Waals surface area contributed by atoms with Crippen molar-refractivity contribution >= 4 is 22.8 Å². The van der Waals surface area contributed by atoms with Crippen molar-refractivity contribution in [3.63, 3.8) is 0 Å². The molecule has 2 aromatic carbocycles. The van der Waals surface area contributed by atoms with Crippen molar-refractivity contribution in [3.05, 3.63) is 70.4 Å². The molecule has 1 aromatic heterocycles. The lowest BCUT2D eigenvalue weighted by atomic mass is 10.1. The number of halogens is 5. The first kappa shape index (κ1) is 21.3. The number of alkyl halides is 3. The van der Waals surface area contributed by atoms with Crippen LogP contribution in [0.3, 0.4) is 0 Å². The summed E-state index contributed by atoms with van der Waals surface area (Å²) in [5.74, 6) is -4.49. The Morgan fingerprint density at radius 2 is 1.77 bits per heavy atom. The van der Waals surface area contributed by atoms with Gasteiger partial charge in [-0.15, -0.1) is 0 Å². The van der Waals surface area contributed by atoms with Crippen LogP contribution in [-0.4, -0.2) is 30.1 Å². The highest BCUT2D eigenvalue weighted by Crippen LogP contribution is 2.33. The molecule has 0 bridgehead atoms. The maximum absolute atomic E-state index is 13.5. The fraction of sp³-hybridized carbons (Fsp3) is 0.200. The molecule has 0 saturated carbocycles. The van der Waals surface area contributed by atoms with Gasteiger partial charge in [0.2, 0.25) is 0 Å². The van der Waals surface area contributed by atoms with Gasteiger partial charge in [-0.25, -0.2) is 13.6 Å². The number of amides is 1. The van der Waals surface area contributed by atoms with E-state index >= 15 is 0 Å². The van der Waals surface area contributed by atoms with E-state index in [4.69, 9.17) is 0 Å². The van der Waals surface area contributed by atoms with Crippen molar-refractivity contribution in [1.82, 2.24) is 10.3 Å². The van der Waals surface area contributed by atoms with Crippen molar-refractivity contribution in [2.75, 3.05) is 7.11 Å². The quantitative estimate of drug-likeness (QED) is 0.474. The van der Waals surface area contributed by atoms with Crippen LogP contribution in [0.25, 0.3) is 10.9 Å². The first-order chi connectivity index (χ1) is 14.0. The number of benzene rings is 2. The second-order valence-electron chi connectivity index (χ2n) is 6.55. The predicted molar refractivity (Wildman–Crippen MR) is 97.0 cm³/mol. The number of esters is 1. The van der Waals surface area contributed by atoms with E-state index in [1.54, 1.807) is 18.3 Å². The molecule has 5 nitrogen and oxygen atoms in total. The third-order valence-electron chi connectivity index (χ3n) is 4.50. The van der Waals surface area contributed by atoms with Gasteiger partial charge in [0.15, 0.2) is 17.7 Å². The third-order valence-corrected chi connectivity index (χ3v) is 4.50. The minimum Gasteiger partial charge on any atom is -0.465 e. The van der Waals surface area contributed by atoms with Crippen LogP contribution in [0.1, 0.15) is 38.0 Å². The van der Waals surface area contributed by atoms with E-state index in [0.717, 1.165) is 6.07 Å². The molecule has 2 N–H and O–H groups in total. The lowest BCUT2D eigenvalue weighted by molar-refractivity contribution is -0.155. The van der Waals surface area contributed by atoms with E-state index in [-0.39, 0.29) is 11.3 Å². The van der Waals surface area contributed by atoms with Crippen molar-refractivity contribution in [3.8, 4) is 0 Å². The average Bonchev–Trinajstić information content (AvgIpc) is 3.09. The zero-order valence-corrected chi connectivity index (χ0v) is 15.7. The number of carbonyl (C=O) groups excluding carboxylic acids is 2. The molecule has 3 aromatic rings. The van der Waals surface area contributed by atoms with Gasteiger partial charge in [-0.2, -0.15) is 13.2 Å². The van der Waals surface area contributed by atoms with Crippen LogP contribution in [-0.2, 0) is 4.74 Å². The molecule has 1 heterocycles. The smallest absolute Gasteiger partial charge is 0.412 e. The Labute approximate surface area is 166 Å². The van der Waals surface area contributed by atoms with Crippen molar-refractivity contribution in [1.29, 1.82) is 0 Å². The SMILES string of the molecule is COC(=O)c1cc2cc(C(=O)NC(c3ccc(F)c(F)c3)C(F)(F)F)[nH]c2cc1C. The normalized spacial score (nSPS) is 12.6. The molecule has 0 aliphatic rings. The molecule has 1 amide bonds. The molecule has 0 aliphatic heterocycles. The van der Waals surface area contributed by atoms with E-state index in [9.17, 15) is 31.5 Å². The van der Waals surface area contributed by atoms with E-state index in [2.05, 4.69) is 9.72 Å². The Kier molecular flexibility index (Phi) is 5.51. The second-order valence-corrected chi connectivity index (χ2v) is 6.55. The monoisotopic (exact) mass is 426 g/mol. The minimum absolute atomic E-state index is 0.205. The number of rotatable bonds is 4. The molecule has 1 atom stereocenters. The number of fused-ring (bicyclic) bond motifs is 1. The minimum atomic E-state index is -4.96. The molecule has 0 radical (unpaired) electrons. The molecule has 158 valence electrons. The summed E-state index contributed by atoms with van der Waals surface area (Å²) in [6, 6.07) is 3.39. The molecule has 0 spiro atoms.